The smallest absolute Gasteiger partial charge is 0.0657 e. The molecule has 0 aromatic rings. The number of hydrogen-bond acceptors (Lipinski definition) is 3. The van der Waals surface area contributed by atoms with Crippen LogP contribution >= 0.6 is 0 Å². The van der Waals surface area contributed by atoms with Crippen molar-refractivity contribution in [3.05, 3.63) is 11.6 Å². The molecular formula is C29H50O3. The van der Waals surface area contributed by atoms with E-state index in [1.165, 1.54) is 32.1 Å². The predicted molar refractivity (Wildman–Crippen MR) is 131 cm³/mol. The summed E-state index contributed by atoms with van der Waals surface area (Å²) in [5, 5.41) is 21.5. The van der Waals surface area contributed by atoms with Gasteiger partial charge >= 0.3 is 0 Å². The standard InChI is InChI=1S/C29H50O3/c1-20(11-13-26(2,30)17-18-32-6)23-9-10-24-22-8-7-21-19-27(3,31)15-16-28(21,4)25(22)12-14-29(23,24)5/h7,20,22-25,30-31H,8-19H2,1-6H3. The lowest BCUT2D eigenvalue weighted by Gasteiger charge is -2.59. The number of aliphatic hydroxyl groups is 2. The van der Waals surface area contributed by atoms with Gasteiger partial charge in [-0.3, -0.25) is 0 Å². The monoisotopic (exact) mass is 446 g/mol. The average Bonchev–Trinajstić information content (AvgIpc) is 3.08. The van der Waals surface area contributed by atoms with Gasteiger partial charge in [0.2, 0.25) is 0 Å². The SMILES string of the molecule is COCCC(C)(O)CCC(C)C1CCC2C3CC=C4CC(C)(O)CCC4(C)C3CCC12C. The molecule has 0 bridgehead atoms. The molecule has 0 radical (unpaired) electrons. The normalized spacial score (nSPS) is 46.4. The lowest BCUT2D eigenvalue weighted by Crippen LogP contribution is -2.52. The molecule has 2 N–H and O–H groups in total. The molecular weight excluding hydrogens is 396 g/mol. The number of allylic oxidation sites excluding steroid dienone is 1. The van der Waals surface area contributed by atoms with Crippen molar-refractivity contribution in [3.63, 3.8) is 0 Å². The van der Waals surface area contributed by atoms with Crippen LogP contribution in [0.3, 0.4) is 0 Å². The van der Waals surface area contributed by atoms with Crippen molar-refractivity contribution in [1.82, 2.24) is 0 Å². The fourth-order valence-electron chi connectivity index (χ4n) is 8.97. The van der Waals surface area contributed by atoms with E-state index in [1.807, 2.05) is 13.8 Å². The zero-order valence-electron chi connectivity index (χ0n) is 21.8. The van der Waals surface area contributed by atoms with E-state index in [0.29, 0.717) is 23.4 Å². The first kappa shape index (κ1) is 24.7. The van der Waals surface area contributed by atoms with Gasteiger partial charge in [0, 0.05) is 13.7 Å². The van der Waals surface area contributed by atoms with E-state index in [1.54, 1.807) is 12.7 Å². The second kappa shape index (κ2) is 8.68. The molecule has 0 aromatic heterocycles. The highest BCUT2D eigenvalue weighted by Gasteiger charge is 2.59. The Balaban J connectivity index is 1.45. The molecule has 0 aromatic carbocycles. The molecule has 0 amide bonds. The molecule has 9 unspecified atom stereocenters. The van der Waals surface area contributed by atoms with E-state index < -0.39 is 11.2 Å². The van der Waals surface area contributed by atoms with E-state index in [-0.39, 0.29) is 0 Å². The van der Waals surface area contributed by atoms with Gasteiger partial charge in [0.15, 0.2) is 0 Å². The van der Waals surface area contributed by atoms with Gasteiger partial charge in [0.1, 0.15) is 0 Å². The summed E-state index contributed by atoms with van der Waals surface area (Å²) in [5.41, 5.74) is 1.23. The van der Waals surface area contributed by atoms with Gasteiger partial charge in [-0.25, -0.2) is 0 Å². The summed E-state index contributed by atoms with van der Waals surface area (Å²) < 4.78 is 5.20. The third-order valence-electron chi connectivity index (χ3n) is 11.1. The van der Waals surface area contributed by atoms with Crippen molar-refractivity contribution in [2.45, 2.75) is 116 Å². The third-order valence-corrected chi connectivity index (χ3v) is 11.1. The molecule has 0 aliphatic heterocycles. The Hall–Kier alpha value is -0.380. The second-order valence-electron chi connectivity index (χ2n) is 13.4. The minimum Gasteiger partial charge on any atom is -0.390 e. The van der Waals surface area contributed by atoms with Crippen molar-refractivity contribution >= 4 is 0 Å². The maximum Gasteiger partial charge on any atom is 0.0657 e. The Morgan fingerprint density at radius 3 is 2.56 bits per heavy atom. The van der Waals surface area contributed by atoms with E-state index >= 15 is 0 Å². The number of methoxy groups -OCH3 is 1. The molecule has 3 heteroatoms. The zero-order valence-corrected chi connectivity index (χ0v) is 21.8. The Bertz CT molecular complexity index is 709. The molecule has 4 rings (SSSR count). The van der Waals surface area contributed by atoms with E-state index in [4.69, 9.17) is 4.74 Å². The van der Waals surface area contributed by atoms with E-state index in [0.717, 1.165) is 62.2 Å². The van der Waals surface area contributed by atoms with Gasteiger partial charge in [-0.15, -0.1) is 0 Å². The molecule has 4 aliphatic carbocycles. The Kier molecular flexibility index (Phi) is 6.71. The summed E-state index contributed by atoms with van der Waals surface area (Å²) in [6.45, 7) is 12.3. The van der Waals surface area contributed by atoms with Gasteiger partial charge < -0.3 is 14.9 Å². The zero-order chi connectivity index (χ0) is 23.4. The van der Waals surface area contributed by atoms with Gasteiger partial charge in [0.25, 0.3) is 0 Å². The Morgan fingerprint density at radius 2 is 1.84 bits per heavy atom. The summed E-state index contributed by atoms with van der Waals surface area (Å²) in [7, 11) is 1.72. The average molecular weight is 447 g/mol. The van der Waals surface area contributed by atoms with Crippen LogP contribution in [0, 0.1) is 40.4 Å². The van der Waals surface area contributed by atoms with Crippen molar-refractivity contribution in [2.24, 2.45) is 40.4 Å². The summed E-state index contributed by atoms with van der Waals surface area (Å²) in [6, 6.07) is 0. The van der Waals surface area contributed by atoms with Crippen LogP contribution in [0.15, 0.2) is 11.6 Å². The highest BCUT2D eigenvalue weighted by Crippen LogP contribution is 2.67. The minimum atomic E-state index is -0.609. The molecule has 0 saturated heterocycles. The first-order chi connectivity index (χ1) is 14.9. The van der Waals surface area contributed by atoms with Crippen LogP contribution in [0.2, 0.25) is 0 Å². The number of hydrogen-bond donors (Lipinski definition) is 2. The highest BCUT2D eigenvalue weighted by atomic mass is 16.5. The van der Waals surface area contributed by atoms with Crippen LogP contribution in [-0.4, -0.2) is 35.1 Å². The number of ether oxygens (including phenoxy) is 1. The van der Waals surface area contributed by atoms with Crippen molar-refractivity contribution < 1.29 is 14.9 Å². The first-order valence-electron chi connectivity index (χ1n) is 13.6. The van der Waals surface area contributed by atoms with Gasteiger partial charge in [-0.1, -0.05) is 32.4 Å². The van der Waals surface area contributed by atoms with E-state index in [9.17, 15) is 10.2 Å². The van der Waals surface area contributed by atoms with Crippen LogP contribution in [0.4, 0.5) is 0 Å². The molecule has 0 spiro atoms. The lowest BCUT2D eigenvalue weighted by atomic mass is 9.46. The van der Waals surface area contributed by atoms with Crippen LogP contribution < -0.4 is 0 Å². The first-order valence-corrected chi connectivity index (χ1v) is 13.6. The maximum absolute atomic E-state index is 10.8. The van der Waals surface area contributed by atoms with Crippen molar-refractivity contribution in [3.8, 4) is 0 Å². The largest absolute Gasteiger partial charge is 0.390 e. The van der Waals surface area contributed by atoms with Gasteiger partial charge in [0.05, 0.1) is 11.2 Å². The Labute approximate surface area is 197 Å². The molecule has 9 atom stereocenters. The lowest BCUT2D eigenvalue weighted by molar-refractivity contribution is -0.0717. The molecule has 32 heavy (non-hydrogen) atoms. The summed E-state index contributed by atoms with van der Waals surface area (Å²) in [5.74, 6) is 3.94. The maximum atomic E-state index is 10.8. The third kappa shape index (κ3) is 4.36. The van der Waals surface area contributed by atoms with Crippen LogP contribution in [0.25, 0.3) is 0 Å². The minimum absolute atomic E-state index is 0.316. The predicted octanol–water partition coefficient (Wildman–Crippen LogP) is 6.52. The number of fused-ring (bicyclic) bond motifs is 5. The summed E-state index contributed by atoms with van der Waals surface area (Å²) in [4.78, 5) is 0. The molecule has 0 heterocycles. The fourth-order valence-corrected chi connectivity index (χ4v) is 8.97. The molecule has 4 aliphatic rings. The second-order valence-corrected chi connectivity index (χ2v) is 13.4. The van der Waals surface area contributed by atoms with Crippen molar-refractivity contribution in [1.29, 1.82) is 0 Å². The Morgan fingerprint density at radius 1 is 1.09 bits per heavy atom. The van der Waals surface area contributed by atoms with Crippen molar-refractivity contribution in [2.75, 3.05) is 13.7 Å². The molecule has 3 fully saturated rings. The molecule has 3 nitrogen and oxygen atoms in total. The van der Waals surface area contributed by atoms with E-state index in [2.05, 4.69) is 26.8 Å². The van der Waals surface area contributed by atoms with Crippen LogP contribution in [-0.2, 0) is 4.74 Å². The number of rotatable bonds is 7. The summed E-state index contributed by atoms with van der Waals surface area (Å²) >= 11 is 0. The van der Waals surface area contributed by atoms with Crippen LogP contribution in [0.1, 0.15) is 105 Å². The molecule has 3 saturated carbocycles. The summed E-state index contributed by atoms with van der Waals surface area (Å²) in [6.07, 6.45) is 15.0. The quantitative estimate of drug-likeness (QED) is 0.438. The highest BCUT2D eigenvalue weighted by molar-refractivity contribution is 5.26. The van der Waals surface area contributed by atoms with Crippen LogP contribution in [0.5, 0.6) is 0 Å². The topological polar surface area (TPSA) is 49.7 Å². The van der Waals surface area contributed by atoms with Gasteiger partial charge in [-0.05, 0) is 125 Å². The fraction of sp³-hybridized carbons (Fsp3) is 0.931. The van der Waals surface area contributed by atoms with Gasteiger partial charge in [-0.2, -0.15) is 0 Å². The molecule has 184 valence electrons.